The molecule has 7 heteroatoms. The molecule has 0 unspecified atom stereocenters. The lowest BCUT2D eigenvalue weighted by atomic mass is 10.1. The van der Waals surface area contributed by atoms with Gasteiger partial charge in [-0.25, -0.2) is 8.42 Å². The molecule has 2 N–H and O–H groups in total. The fraction of sp³-hybridized carbons (Fsp3) is 1.00. The highest BCUT2D eigenvalue weighted by Gasteiger charge is 2.44. The Labute approximate surface area is 100 Å². The van der Waals surface area contributed by atoms with E-state index >= 15 is 0 Å². The first-order chi connectivity index (χ1) is 7.81. The zero-order valence-electron chi connectivity index (χ0n) is 9.80. The Balaban J connectivity index is 3.53. The average Bonchev–Trinajstić information content (AvgIpc) is 2.20. The Morgan fingerprint density at radius 3 is 1.65 bits per heavy atom. The Kier molecular flexibility index (Phi) is 7.78. The molecule has 0 heterocycles. The summed E-state index contributed by atoms with van der Waals surface area (Å²) < 4.78 is 57.2. The molecular formula is C10H20F3NO2S. The number of hydrogen-bond acceptors (Lipinski definition) is 3. The summed E-state index contributed by atoms with van der Waals surface area (Å²) in [5.74, 6) is -0.792. The van der Waals surface area contributed by atoms with Crippen LogP contribution in [-0.4, -0.2) is 26.2 Å². The molecule has 0 saturated carbocycles. The molecule has 17 heavy (non-hydrogen) atoms. The molecule has 0 spiro atoms. The van der Waals surface area contributed by atoms with Crippen LogP contribution in [0.2, 0.25) is 0 Å². The van der Waals surface area contributed by atoms with Gasteiger partial charge in [-0.3, -0.25) is 0 Å². The number of rotatable bonds is 9. The molecule has 0 radical (unpaired) electrons. The van der Waals surface area contributed by atoms with E-state index < -0.39 is 21.1 Å². The van der Waals surface area contributed by atoms with Gasteiger partial charge in [0, 0.05) is 0 Å². The van der Waals surface area contributed by atoms with Crippen molar-refractivity contribution in [3.8, 4) is 0 Å². The van der Waals surface area contributed by atoms with Crippen molar-refractivity contribution in [2.75, 3.05) is 12.3 Å². The summed E-state index contributed by atoms with van der Waals surface area (Å²) in [6, 6.07) is 0. The van der Waals surface area contributed by atoms with Crippen LogP contribution in [0, 0.1) is 0 Å². The van der Waals surface area contributed by atoms with Crippen molar-refractivity contribution in [2.24, 2.45) is 5.73 Å². The molecule has 0 atom stereocenters. The van der Waals surface area contributed by atoms with Crippen molar-refractivity contribution in [2.45, 2.75) is 50.5 Å². The van der Waals surface area contributed by atoms with Crippen molar-refractivity contribution in [1.29, 1.82) is 0 Å². The second-order valence-electron chi connectivity index (χ2n) is 4.03. The molecule has 0 aliphatic carbocycles. The summed E-state index contributed by atoms with van der Waals surface area (Å²) in [5, 5.41) is 0. The Morgan fingerprint density at radius 2 is 1.24 bits per heavy atom. The molecule has 0 aliphatic rings. The van der Waals surface area contributed by atoms with Gasteiger partial charge in [-0.1, -0.05) is 32.1 Å². The number of alkyl halides is 3. The SMILES string of the molecule is NCCCCCCCCCS(=O)(=O)C(F)(F)F. The third kappa shape index (κ3) is 7.59. The van der Waals surface area contributed by atoms with Crippen LogP contribution in [-0.2, 0) is 9.84 Å². The largest absolute Gasteiger partial charge is 0.497 e. The summed E-state index contributed by atoms with van der Waals surface area (Å²) in [4.78, 5) is 0. The Morgan fingerprint density at radius 1 is 0.824 bits per heavy atom. The van der Waals surface area contributed by atoms with E-state index in [1.54, 1.807) is 0 Å². The highest BCUT2D eigenvalue weighted by atomic mass is 32.2. The summed E-state index contributed by atoms with van der Waals surface area (Å²) in [6.45, 7) is 0.657. The molecule has 104 valence electrons. The van der Waals surface area contributed by atoms with Crippen LogP contribution in [0.4, 0.5) is 13.2 Å². The van der Waals surface area contributed by atoms with Crippen molar-refractivity contribution < 1.29 is 21.6 Å². The average molecular weight is 275 g/mol. The predicted octanol–water partition coefficient (Wildman–Crippen LogP) is 2.61. The first-order valence-corrected chi connectivity index (χ1v) is 7.45. The number of halogens is 3. The molecule has 0 aromatic rings. The van der Waals surface area contributed by atoms with Crippen LogP contribution in [0.15, 0.2) is 0 Å². The Bertz CT molecular complexity index is 288. The molecule has 0 saturated heterocycles. The molecule has 0 aromatic heterocycles. The maximum absolute atomic E-state index is 11.9. The third-order valence-corrected chi connectivity index (χ3v) is 4.00. The number of unbranched alkanes of at least 4 members (excludes halogenated alkanes) is 6. The lowest BCUT2D eigenvalue weighted by Gasteiger charge is -2.07. The lowest BCUT2D eigenvalue weighted by molar-refractivity contribution is -0.0435. The summed E-state index contributed by atoms with van der Waals surface area (Å²) >= 11 is 0. The smallest absolute Gasteiger partial charge is 0.330 e. The van der Waals surface area contributed by atoms with Crippen molar-refractivity contribution in [1.82, 2.24) is 0 Å². The fourth-order valence-corrected chi connectivity index (χ4v) is 2.25. The molecule has 0 rings (SSSR count). The Hall–Kier alpha value is -0.300. The second kappa shape index (κ2) is 7.92. The standard InChI is InChI=1S/C10H20F3NO2S/c11-10(12,13)17(15,16)9-7-5-3-1-2-4-6-8-14/h1-9,14H2. The topological polar surface area (TPSA) is 60.2 Å². The van der Waals surface area contributed by atoms with Crippen LogP contribution in [0.5, 0.6) is 0 Å². The zero-order valence-corrected chi connectivity index (χ0v) is 10.6. The van der Waals surface area contributed by atoms with Crippen LogP contribution in [0.3, 0.4) is 0 Å². The molecule has 0 amide bonds. The molecule has 0 bridgehead atoms. The molecular weight excluding hydrogens is 255 g/mol. The first kappa shape index (κ1) is 16.7. The quantitative estimate of drug-likeness (QED) is 0.658. The first-order valence-electron chi connectivity index (χ1n) is 5.80. The van der Waals surface area contributed by atoms with Crippen LogP contribution >= 0.6 is 0 Å². The summed E-state index contributed by atoms with van der Waals surface area (Å²) in [6.07, 6.45) is 5.30. The number of hydrogen-bond donors (Lipinski definition) is 1. The van der Waals surface area contributed by atoms with E-state index in [0.717, 1.165) is 32.1 Å². The van der Waals surface area contributed by atoms with Crippen LogP contribution in [0.1, 0.15) is 44.9 Å². The molecule has 0 aliphatic heterocycles. The van der Waals surface area contributed by atoms with Gasteiger partial charge >= 0.3 is 5.51 Å². The molecule has 0 aromatic carbocycles. The van der Waals surface area contributed by atoms with E-state index in [1.165, 1.54) is 0 Å². The van der Waals surface area contributed by atoms with Crippen molar-refractivity contribution in [3.63, 3.8) is 0 Å². The van der Waals surface area contributed by atoms with E-state index in [0.29, 0.717) is 13.0 Å². The van der Waals surface area contributed by atoms with Gasteiger partial charge < -0.3 is 5.73 Å². The number of sulfone groups is 1. The molecule has 0 fully saturated rings. The van der Waals surface area contributed by atoms with Gasteiger partial charge in [-0.15, -0.1) is 0 Å². The lowest BCUT2D eigenvalue weighted by Crippen LogP contribution is -2.26. The minimum Gasteiger partial charge on any atom is -0.330 e. The normalized spacial score (nSPS) is 12.9. The van der Waals surface area contributed by atoms with Crippen molar-refractivity contribution in [3.05, 3.63) is 0 Å². The van der Waals surface area contributed by atoms with Gasteiger partial charge in [0.15, 0.2) is 0 Å². The minimum absolute atomic E-state index is 0.0821. The minimum atomic E-state index is -5.10. The third-order valence-electron chi connectivity index (χ3n) is 2.47. The van der Waals surface area contributed by atoms with Gasteiger partial charge in [0.1, 0.15) is 0 Å². The summed E-state index contributed by atoms with van der Waals surface area (Å²) in [7, 11) is -4.92. The summed E-state index contributed by atoms with van der Waals surface area (Å²) in [5.41, 5.74) is 0.203. The monoisotopic (exact) mass is 275 g/mol. The highest BCUT2D eigenvalue weighted by Crippen LogP contribution is 2.24. The van der Waals surface area contributed by atoms with Gasteiger partial charge in [-0.05, 0) is 19.4 Å². The van der Waals surface area contributed by atoms with Gasteiger partial charge in [0.25, 0.3) is 0 Å². The van der Waals surface area contributed by atoms with E-state index in [1.807, 2.05) is 0 Å². The number of nitrogens with two attached hydrogens (primary N) is 1. The van der Waals surface area contributed by atoms with Crippen molar-refractivity contribution >= 4 is 9.84 Å². The van der Waals surface area contributed by atoms with Crippen LogP contribution in [0.25, 0.3) is 0 Å². The van der Waals surface area contributed by atoms with E-state index in [2.05, 4.69) is 0 Å². The van der Waals surface area contributed by atoms with E-state index in [9.17, 15) is 21.6 Å². The maximum Gasteiger partial charge on any atom is 0.497 e. The predicted molar refractivity (Wildman–Crippen MR) is 61.2 cm³/mol. The van der Waals surface area contributed by atoms with Crippen LogP contribution < -0.4 is 5.73 Å². The van der Waals surface area contributed by atoms with E-state index in [-0.39, 0.29) is 6.42 Å². The zero-order chi connectivity index (χ0) is 13.4. The van der Waals surface area contributed by atoms with Gasteiger partial charge in [-0.2, -0.15) is 13.2 Å². The van der Waals surface area contributed by atoms with Gasteiger partial charge in [0.05, 0.1) is 5.75 Å². The molecule has 3 nitrogen and oxygen atoms in total. The highest BCUT2D eigenvalue weighted by molar-refractivity contribution is 7.92. The fourth-order valence-electron chi connectivity index (χ4n) is 1.44. The maximum atomic E-state index is 11.9. The van der Waals surface area contributed by atoms with Gasteiger partial charge in [0.2, 0.25) is 9.84 Å². The van der Waals surface area contributed by atoms with E-state index in [4.69, 9.17) is 5.73 Å². The second-order valence-corrected chi connectivity index (χ2v) is 6.13.